The van der Waals surface area contributed by atoms with E-state index in [1.807, 2.05) is 24.3 Å². The maximum atomic E-state index is 13.6. The Morgan fingerprint density at radius 2 is 1.90 bits per heavy atom. The smallest absolute Gasteiger partial charge is 0.267 e. The predicted molar refractivity (Wildman–Crippen MR) is 107 cm³/mol. The van der Waals surface area contributed by atoms with E-state index < -0.39 is 11.5 Å². The molecule has 1 fully saturated rings. The van der Waals surface area contributed by atoms with Crippen molar-refractivity contribution in [2.75, 3.05) is 11.9 Å². The van der Waals surface area contributed by atoms with Crippen LogP contribution in [0.5, 0.6) is 0 Å². The Morgan fingerprint density at radius 1 is 1.13 bits per heavy atom. The number of H-pyrrole nitrogens is 2. The summed E-state index contributed by atoms with van der Waals surface area (Å²) < 4.78 is 13.6. The Hall–Kier alpha value is -3.68. The van der Waals surface area contributed by atoms with Crippen LogP contribution < -0.4 is 10.9 Å². The van der Waals surface area contributed by atoms with Crippen molar-refractivity contribution in [2.45, 2.75) is 24.3 Å². The Bertz CT molecular complexity index is 1200. The molecule has 8 heteroatoms. The zero-order valence-corrected chi connectivity index (χ0v) is 15.9. The Labute approximate surface area is 170 Å². The Balaban J connectivity index is 1.61. The van der Waals surface area contributed by atoms with Gasteiger partial charge in [0, 0.05) is 24.0 Å². The third-order valence-corrected chi connectivity index (χ3v) is 6.16. The van der Waals surface area contributed by atoms with Gasteiger partial charge in [-0.3, -0.25) is 19.5 Å². The number of aromatic nitrogens is 2. The van der Waals surface area contributed by atoms with E-state index in [2.05, 4.69) is 15.5 Å². The molecule has 30 heavy (non-hydrogen) atoms. The molecule has 3 aromatic rings. The number of rotatable bonds is 3. The second-order valence-corrected chi connectivity index (χ2v) is 7.71. The molecule has 0 radical (unpaired) electrons. The third kappa shape index (κ3) is 2.60. The summed E-state index contributed by atoms with van der Waals surface area (Å²) in [4.78, 5) is 40.0. The van der Waals surface area contributed by atoms with Crippen LogP contribution >= 0.6 is 0 Å². The molecule has 0 bridgehead atoms. The lowest BCUT2D eigenvalue weighted by Gasteiger charge is -2.34. The van der Waals surface area contributed by atoms with E-state index in [0.29, 0.717) is 24.1 Å². The minimum atomic E-state index is -0.964. The van der Waals surface area contributed by atoms with E-state index in [4.69, 9.17) is 0 Å². The largest absolute Gasteiger partial charge is 0.334 e. The highest BCUT2D eigenvalue weighted by Gasteiger charge is 2.59. The summed E-state index contributed by atoms with van der Waals surface area (Å²) in [6.07, 6.45) is 1.82. The topological polar surface area (TPSA) is 98.1 Å². The molecule has 0 unspecified atom stereocenters. The van der Waals surface area contributed by atoms with Crippen molar-refractivity contribution >= 4 is 17.5 Å². The monoisotopic (exact) mass is 406 g/mol. The highest BCUT2D eigenvalue weighted by atomic mass is 19.1. The molecule has 1 aromatic heterocycles. The van der Waals surface area contributed by atoms with Crippen molar-refractivity contribution in [1.29, 1.82) is 0 Å². The predicted octanol–water partition coefficient (Wildman–Crippen LogP) is 2.25. The highest BCUT2D eigenvalue weighted by Crippen LogP contribution is 2.54. The number of fused-ring (bicyclic) bond motifs is 2. The van der Waals surface area contributed by atoms with Gasteiger partial charge in [0.1, 0.15) is 11.2 Å². The minimum absolute atomic E-state index is 0.0874. The first-order valence-electron chi connectivity index (χ1n) is 9.71. The quantitative estimate of drug-likeness (QED) is 0.622. The van der Waals surface area contributed by atoms with Gasteiger partial charge >= 0.3 is 0 Å². The van der Waals surface area contributed by atoms with E-state index in [9.17, 15) is 18.8 Å². The number of hydrogen-bond acceptors (Lipinski definition) is 3. The number of halogens is 1. The van der Waals surface area contributed by atoms with Gasteiger partial charge in [-0.2, -0.15) is 0 Å². The first-order valence-corrected chi connectivity index (χ1v) is 9.71. The molecule has 0 saturated carbocycles. The molecule has 3 N–H and O–H groups in total. The van der Waals surface area contributed by atoms with Gasteiger partial charge in [0.25, 0.3) is 5.56 Å². The molecular formula is C22H19FN4O3. The molecule has 3 heterocycles. The molecule has 2 aliphatic heterocycles. The van der Waals surface area contributed by atoms with Crippen LogP contribution in [0.4, 0.5) is 10.1 Å². The van der Waals surface area contributed by atoms with Crippen LogP contribution in [-0.4, -0.2) is 33.5 Å². The summed E-state index contributed by atoms with van der Waals surface area (Å²) in [5.74, 6) is -0.824. The summed E-state index contributed by atoms with van der Waals surface area (Å²) >= 11 is 0. The number of benzene rings is 2. The van der Waals surface area contributed by atoms with Crippen molar-refractivity contribution < 1.29 is 14.0 Å². The normalized spacial score (nSPS) is 22.4. The molecule has 152 valence electrons. The van der Waals surface area contributed by atoms with Crippen molar-refractivity contribution in [1.82, 2.24) is 15.1 Å². The SMILES string of the molecule is O=C(Cc1c[nH][nH]c1=O)N1CC[C@]2(C(=O)Nc3ccccc32)[C@@H]1c1ccc(F)cc1. The summed E-state index contributed by atoms with van der Waals surface area (Å²) in [5.41, 5.74) is 1.26. The molecule has 1 spiro atoms. The second-order valence-electron chi connectivity index (χ2n) is 7.71. The fraction of sp³-hybridized carbons (Fsp3) is 0.227. The first-order chi connectivity index (χ1) is 14.5. The summed E-state index contributed by atoms with van der Waals surface area (Å²) in [6.45, 7) is 0.352. The van der Waals surface area contributed by atoms with E-state index in [0.717, 1.165) is 11.3 Å². The minimum Gasteiger partial charge on any atom is -0.334 e. The molecular weight excluding hydrogens is 387 g/mol. The molecule has 0 aliphatic carbocycles. The second kappa shape index (κ2) is 6.69. The molecule has 5 rings (SSSR count). The van der Waals surface area contributed by atoms with Gasteiger partial charge in [-0.05, 0) is 35.7 Å². The molecule has 2 amide bonds. The zero-order valence-electron chi connectivity index (χ0n) is 15.9. The van der Waals surface area contributed by atoms with E-state index >= 15 is 0 Å². The molecule has 7 nitrogen and oxygen atoms in total. The zero-order chi connectivity index (χ0) is 20.9. The number of likely N-dealkylation sites (tertiary alicyclic amines) is 1. The third-order valence-electron chi connectivity index (χ3n) is 6.16. The average molecular weight is 406 g/mol. The van der Waals surface area contributed by atoms with Crippen molar-refractivity contribution in [3.63, 3.8) is 0 Å². The fourth-order valence-corrected chi connectivity index (χ4v) is 4.79. The summed E-state index contributed by atoms with van der Waals surface area (Å²) in [6, 6.07) is 12.7. The first kappa shape index (κ1) is 18.4. The standard InChI is InChI=1S/C22H19FN4O3/c23-15-7-5-13(6-8-15)19-22(16-3-1-2-4-17(16)25-21(22)30)9-10-27(19)18(28)11-14-12-24-26-20(14)29/h1-8,12,19H,9-11H2,(H,25,30)(H2,24,26,29)/t19-,22+/m0/s1. The van der Waals surface area contributed by atoms with Crippen LogP contribution in [0.2, 0.25) is 0 Å². The van der Waals surface area contributed by atoms with Gasteiger partial charge in [-0.15, -0.1) is 0 Å². The molecule has 2 aliphatic rings. The van der Waals surface area contributed by atoms with Crippen LogP contribution in [0.25, 0.3) is 0 Å². The van der Waals surface area contributed by atoms with Crippen LogP contribution in [-0.2, 0) is 21.4 Å². The van der Waals surface area contributed by atoms with E-state index in [-0.39, 0.29) is 29.6 Å². The number of amides is 2. The highest BCUT2D eigenvalue weighted by molar-refractivity contribution is 6.07. The fourth-order valence-electron chi connectivity index (χ4n) is 4.79. The van der Waals surface area contributed by atoms with Gasteiger partial charge in [0.2, 0.25) is 11.8 Å². The maximum absolute atomic E-state index is 13.6. The van der Waals surface area contributed by atoms with Crippen molar-refractivity contribution in [3.8, 4) is 0 Å². The molecule has 2 aromatic carbocycles. The Morgan fingerprint density at radius 3 is 2.63 bits per heavy atom. The number of para-hydroxylation sites is 1. The number of nitrogens with zero attached hydrogens (tertiary/aromatic N) is 1. The van der Waals surface area contributed by atoms with Crippen LogP contribution in [0.15, 0.2) is 59.5 Å². The van der Waals surface area contributed by atoms with Gasteiger partial charge in [-0.25, -0.2) is 4.39 Å². The lowest BCUT2D eigenvalue weighted by molar-refractivity contribution is -0.132. The summed E-state index contributed by atoms with van der Waals surface area (Å²) in [7, 11) is 0. The number of hydrogen-bond donors (Lipinski definition) is 3. The van der Waals surface area contributed by atoms with E-state index in [1.54, 1.807) is 17.0 Å². The number of carbonyl (C=O) groups excluding carboxylic acids is 2. The lowest BCUT2D eigenvalue weighted by Crippen LogP contribution is -2.43. The number of nitrogens with one attached hydrogen (secondary N) is 3. The average Bonchev–Trinajstić information content (AvgIpc) is 3.41. The van der Waals surface area contributed by atoms with Crippen molar-refractivity contribution in [2.24, 2.45) is 0 Å². The van der Waals surface area contributed by atoms with E-state index in [1.165, 1.54) is 18.3 Å². The maximum Gasteiger partial charge on any atom is 0.267 e. The Kier molecular flexibility index (Phi) is 4.09. The number of carbonyl (C=O) groups is 2. The van der Waals surface area contributed by atoms with Crippen LogP contribution in [0, 0.1) is 5.82 Å². The summed E-state index contributed by atoms with van der Waals surface area (Å²) in [5, 5.41) is 7.97. The molecule has 1 saturated heterocycles. The molecule has 2 atom stereocenters. The van der Waals surface area contributed by atoms with Gasteiger partial charge < -0.3 is 15.3 Å². The number of anilines is 1. The van der Waals surface area contributed by atoms with Crippen molar-refractivity contribution in [3.05, 3.63) is 87.6 Å². The number of aromatic amines is 2. The van der Waals surface area contributed by atoms with Gasteiger partial charge in [0.05, 0.1) is 12.5 Å². The lowest BCUT2D eigenvalue weighted by atomic mass is 9.72. The van der Waals surface area contributed by atoms with Crippen LogP contribution in [0.1, 0.15) is 29.2 Å². The van der Waals surface area contributed by atoms with Gasteiger partial charge in [0.15, 0.2) is 0 Å². The van der Waals surface area contributed by atoms with Crippen LogP contribution in [0.3, 0.4) is 0 Å². The van der Waals surface area contributed by atoms with Gasteiger partial charge in [-0.1, -0.05) is 30.3 Å².